The summed E-state index contributed by atoms with van der Waals surface area (Å²) in [6, 6.07) is 5.50. The fraction of sp³-hybridized carbons (Fsp3) is 0.250. The maximum Gasteiger partial charge on any atom is 0.418 e. The van der Waals surface area contributed by atoms with Crippen molar-refractivity contribution in [3.63, 3.8) is 0 Å². The molecule has 0 spiro atoms. The quantitative estimate of drug-likeness (QED) is 0.380. The molecule has 158 valence electrons. The number of benzene rings is 1. The van der Waals surface area contributed by atoms with Crippen molar-refractivity contribution in [1.29, 1.82) is 0 Å². The van der Waals surface area contributed by atoms with E-state index in [4.69, 9.17) is 4.42 Å². The molecule has 0 aliphatic carbocycles. The van der Waals surface area contributed by atoms with E-state index in [-0.39, 0.29) is 17.0 Å². The minimum absolute atomic E-state index is 0.0812. The number of alkyl halides is 6. The van der Waals surface area contributed by atoms with Crippen LogP contribution in [-0.4, -0.2) is 15.8 Å². The van der Waals surface area contributed by atoms with E-state index in [1.54, 1.807) is 0 Å². The van der Waals surface area contributed by atoms with Crippen molar-refractivity contribution >= 4 is 5.78 Å². The van der Waals surface area contributed by atoms with Gasteiger partial charge in [0.25, 0.3) is 0 Å². The number of rotatable bonds is 5. The van der Waals surface area contributed by atoms with Gasteiger partial charge in [0.15, 0.2) is 12.2 Å². The summed E-state index contributed by atoms with van der Waals surface area (Å²) in [5.41, 5.74) is -2.16. The fourth-order valence-electron chi connectivity index (χ4n) is 3.06. The van der Waals surface area contributed by atoms with Gasteiger partial charge in [-0.15, -0.1) is 0 Å². The van der Waals surface area contributed by atoms with Crippen molar-refractivity contribution in [2.75, 3.05) is 0 Å². The van der Waals surface area contributed by atoms with Gasteiger partial charge in [-0.3, -0.25) is 9.78 Å². The van der Waals surface area contributed by atoms with E-state index in [1.165, 1.54) is 6.92 Å². The number of nitrogens with zero attached hydrogens (tertiary/aromatic N) is 2. The minimum atomic E-state index is -4.76. The third-order valence-corrected chi connectivity index (χ3v) is 4.50. The Morgan fingerprint density at radius 2 is 1.67 bits per heavy atom. The molecule has 0 aliphatic rings. The summed E-state index contributed by atoms with van der Waals surface area (Å²) in [7, 11) is 0. The van der Waals surface area contributed by atoms with Crippen molar-refractivity contribution in [2.24, 2.45) is 0 Å². The molecular weight excluding hydrogens is 414 g/mol. The maximum absolute atomic E-state index is 13.5. The highest BCUT2D eigenvalue weighted by atomic mass is 19.4. The first-order chi connectivity index (χ1) is 14.0. The van der Waals surface area contributed by atoms with Gasteiger partial charge in [0.1, 0.15) is 0 Å². The van der Waals surface area contributed by atoms with Gasteiger partial charge in [0, 0.05) is 18.5 Å². The van der Waals surface area contributed by atoms with Crippen LogP contribution >= 0.6 is 0 Å². The van der Waals surface area contributed by atoms with Crippen LogP contribution in [-0.2, 0) is 12.4 Å². The topological polar surface area (TPSA) is 56.0 Å². The summed E-state index contributed by atoms with van der Waals surface area (Å²) in [6.45, 7) is 1.49. The average molecular weight is 428 g/mol. The molecule has 3 rings (SSSR count). The van der Waals surface area contributed by atoms with E-state index in [0.29, 0.717) is 0 Å². The Bertz CT molecular complexity index is 1040. The Labute approximate surface area is 166 Å². The lowest BCUT2D eigenvalue weighted by Crippen LogP contribution is -2.17. The van der Waals surface area contributed by atoms with E-state index in [1.807, 2.05) is 0 Å². The van der Waals surface area contributed by atoms with Gasteiger partial charge < -0.3 is 4.42 Å². The van der Waals surface area contributed by atoms with Gasteiger partial charge in [-0.2, -0.15) is 26.3 Å². The maximum atomic E-state index is 13.5. The number of carbonyl (C=O) groups excluding carboxylic acids is 1. The van der Waals surface area contributed by atoms with Crippen LogP contribution in [0.2, 0.25) is 0 Å². The molecule has 0 amide bonds. The summed E-state index contributed by atoms with van der Waals surface area (Å²) >= 11 is 0. The number of hydrogen-bond donors (Lipinski definition) is 0. The van der Waals surface area contributed by atoms with Crippen LogP contribution in [0, 0.1) is 6.92 Å². The Kier molecular flexibility index (Phi) is 5.69. The largest absolute Gasteiger partial charge is 0.440 e. The molecule has 30 heavy (non-hydrogen) atoms. The molecular formula is C20H14F6N2O2. The van der Waals surface area contributed by atoms with E-state index in [9.17, 15) is 31.1 Å². The molecule has 0 fully saturated rings. The van der Waals surface area contributed by atoms with Crippen molar-refractivity contribution in [1.82, 2.24) is 9.97 Å². The Hall–Kier alpha value is -3.17. The van der Waals surface area contributed by atoms with Crippen LogP contribution in [0.4, 0.5) is 26.3 Å². The molecule has 4 nitrogen and oxygen atoms in total. The molecule has 3 aromatic rings. The molecule has 0 radical (unpaired) electrons. The van der Waals surface area contributed by atoms with Crippen LogP contribution in [0.3, 0.4) is 0 Å². The van der Waals surface area contributed by atoms with Gasteiger partial charge >= 0.3 is 12.4 Å². The van der Waals surface area contributed by atoms with Crippen LogP contribution in [0.5, 0.6) is 0 Å². The molecule has 0 saturated heterocycles. The minimum Gasteiger partial charge on any atom is -0.440 e. The predicted molar refractivity (Wildman–Crippen MR) is 92.7 cm³/mol. The number of aromatic nitrogens is 2. The van der Waals surface area contributed by atoms with Crippen LogP contribution in [0.1, 0.15) is 51.0 Å². The molecule has 1 aromatic carbocycles. The second-order valence-corrected chi connectivity index (χ2v) is 6.50. The zero-order chi connectivity index (χ0) is 22.1. The van der Waals surface area contributed by atoms with Crippen molar-refractivity contribution in [2.45, 2.75) is 31.6 Å². The first-order valence-electron chi connectivity index (χ1n) is 8.61. The Morgan fingerprint density at radius 3 is 2.20 bits per heavy atom. The molecule has 0 bridgehead atoms. The molecule has 0 N–H and O–H groups in total. The second-order valence-electron chi connectivity index (χ2n) is 6.50. The molecule has 0 unspecified atom stereocenters. The van der Waals surface area contributed by atoms with Crippen LogP contribution in [0.15, 0.2) is 53.4 Å². The van der Waals surface area contributed by atoms with Gasteiger partial charge in [-0.25, -0.2) is 4.98 Å². The summed E-state index contributed by atoms with van der Waals surface area (Å²) in [5, 5.41) is 0. The monoisotopic (exact) mass is 428 g/mol. The highest BCUT2D eigenvalue weighted by Crippen LogP contribution is 2.39. The molecule has 0 saturated carbocycles. The highest BCUT2D eigenvalue weighted by molar-refractivity contribution is 5.95. The predicted octanol–water partition coefficient (Wildman–Crippen LogP) is 5.82. The molecule has 2 heterocycles. The van der Waals surface area contributed by atoms with Gasteiger partial charge in [-0.1, -0.05) is 12.1 Å². The Morgan fingerprint density at radius 1 is 1.00 bits per heavy atom. The lowest BCUT2D eigenvalue weighted by Gasteiger charge is -2.21. The number of aryl methyl sites for hydroxylation is 1. The first-order valence-corrected chi connectivity index (χ1v) is 8.61. The highest BCUT2D eigenvalue weighted by Gasteiger charge is 2.38. The first kappa shape index (κ1) is 21.5. The third kappa shape index (κ3) is 4.52. The number of halogens is 6. The van der Waals surface area contributed by atoms with Crippen molar-refractivity contribution in [3.05, 3.63) is 82.8 Å². The summed E-state index contributed by atoms with van der Waals surface area (Å²) < 4.78 is 84.2. The van der Waals surface area contributed by atoms with E-state index in [0.717, 1.165) is 49.0 Å². The number of pyridine rings is 1. The van der Waals surface area contributed by atoms with E-state index < -0.39 is 47.3 Å². The smallest absolute Gasteiger partial charge is 0.418 e. The van der Waals surface area contributed by atoms with Crippen LogP contribution in [0.25, 0.3) is 0 Å². The summed E-state index contributed by atoms with van der Waals surface area (Å²) in [6.07, 6.45) is -7.72. The molecule has 2 aromatic heterocycles. The SMILES string of the molecule is Cc1ncoc1C(=O)C[C@@H](c1ccc(C(F)(F)F)cc1)c1ncccc1C(F)(F)F. The summed E-state index contributed by atoms with van der Waals surface area (Å²) in [5.74, 6) is -2.02. The number of oxazole rings is 1. The molecule has 10 heteroatoms. The van der Waals surface area contributed by atoms with Crippen molar-refractivity contribution in [3.8, 4) is 0 Å². The van der Waals surface area contributed by atoms with Gasteiger partial charge in [-0.05, 0) is 36.8 Å². The number of ketones is 1. The lowest BCUT2D eigenvalue weighted by molar-refractivity contribution is -0.139. The average Bonchev–Trinajstić information content (AvgIpc) is 3.11. The second kappa shape index (κ2) is 7.92. The normalized spacial score (nSPS) is 13.3. The fourth-order valence-corrected chi connectivity index (χ4v) is 3.06. The number of carbonyl (C=O) groups is 1. The Balaban J connectivity index is 2.08. The zero-order valence-electron chi connectivity index (χ0n) is 15.4. The lowest BCUT2D eigenvalue weighted by atomic mass is 9.86. The van der Waals surface area contributed by atoms with Crippen molar-refractivity contribution < 1.29 is 35.6 Å². The molecule has 0 aliphatic heterocycles. The third-order valence-electron chi connectivity index (χ3n) is 4.50. The van der Waals surface area contributed by atoms with E-state index >= 15 is 0 Å². The van der Waals surface area contributed by atoms with Crippen LogP contribution < -0.4 is 0 Å². The number of hydrogen-bond acceptors (Lipinski definition) is 4. The summed E-state index contributed by atoms with van der Waals surface area (Å²) in [4.78, 5) is 20.2. The zero-order valence-corrected chi connectivity index (χ0v) is 15.4. The molecule has 1 atom stereocenters. The van der Waals surface area contributed by atoms with Gasteiger partial charge in [0.2, 0.25) is 5.78 Å². The van der Waals surface area contributed by atoms with Gasteiger partial charge in [0.05, 0.1) is 22.5 Å². The standard InChI is InChI=1S/C20H14F6N2O2/c1-11-18(30-10-28-11)16(29)9-14(12-4-6-13(7-5-12)19(21,22)23)17-15(20(24,25)26)3-2-8-27-17/h2-8,10,14H,9H2,1H3/t14-/m0/s1. The number of Topliss-reactive ketones (excluding diaryl/α,β-unsaturated/α-hetero) is 1. The van der Waals surface area contributed by atoms with E-state index in [2.05, 4.69) is 9.97 Å².